The first-order chi connectivity index (χ1) is 10.8. The highest BCUT2D eigenvalue weighted by Crippen LogP contribution is 2.24. The molecule has 0 radical (unpaired) electrons. The van der Waals surface area contributed by atoms with Crippen molar-refractivity contribution in [1.82, 2.24) is 4.90 Å². The van der Waals surface area contributed by atoms with E-state index in [2.05, 4.69) is 48.2 Å². The molecule has 0 N–H and O–H groups in total. The van der Waals surface area contributed by atoms with Crippen LogP contribution in [0.3, 0.4) is 0 Å². The Labute approximate surface area is 132 Å². The monoisotopic (exact) mass is 299 g/mol. The Kier molecular flexibility index (Phi) is 5.08. The summed E-state index contributed by atoms with van der Waals surface area (Å²) in [4.78, 5) is 2.50. The third-order valence-electron chi connectivity index (χ3n) is 4.49. The lowest BCUT2D eigenvalue weighted by molar-refractivity contribution is -0.0431. The topological polar surface area (TPSA) is 21.7 Å². The second-order valence-corrected chi connectivity index (χ2v) is 6.10. The molecule has 22 heavy (non-hydrogen) atoms. The summed E-state index contributed by atoms with van der Waals surface area (Å²) in [5, 5.41) is 2.74. The summed E-state index contributed by atoms with van der Waals surface area (Å²) in [6.45, 7) is 6.76. The summed E-state index contributed by atoms with van der Waals surface area (Å²) in [7, 11) is 1.75. The number of rotatable bonds is 5. The highest BCUT2D eigenvalue weighted by Gasteiger charge is 2.20. The first-order valence-electron chi connectivity index (χ1n) is 8.08. The molecule has 3 heteroatoms. The van der Waals surface area contributed by atoms with Crippen molar-refractivity contribution < 1.29 is 9.47 Å². The molecule has 1 heterocycles. The second kappa shape index (κ2) is 7.23. The minimum atomic E-state index is 0.297. The average Bonchev–Trinajstić information content (AvgIpc) is 2.54. The number of methoxy groups -OCH3 is 1. The predicted molar refractivity (Wildman–Crippen MR) is 90.2 cm³/mol. The van der Waals surface area contributed by atoms with E-state index in [1.54, 1.807) is 7.11 Å². The molecular formula is C19H25NO2. The van der Waals surface area contributed by atoms with Gasteiger partial charge in [0.05, 0.1) is 12.7 Å². The van der Waals surface area contributed by atoms with E-state index in [1.165, 1.54) is 21.9 Å². The summed E-state index contributed by atoms with van der Waals surface area (Å²) >= 11 is 0. The van der Waals surface area contributed by atoms with Crippen molar-refractivity contribution in [2.75, 3.05) is 33.4 Å². The molecule has 3 nitrogen and oxygen atoms in total. The van der Waals surface area contributed by atoms with Gasteiger partial charge in [0, 0.05) is 33.4 Å². The molecule has 0 bridgehead atoms. The molecule has 118 valence electrons. The molecule has 0 amide bonds. The normalized spacial score (nSPS) is 19.6. The molecule has 1 unspecified atom stereocenters. The standard InChI is InChI=1S/C19H25NO2/c1-15-5-3-8-19-16(6-4-7-18(15)19)13-20-10-12-22-17(14-20)9-11-21-2/h3-8,17H,9-14H2,1-2H3. The molecule has 2 aromatic rings. The van der Waals surface area contributed by atoms with E-state index in [-0.39, 0.29) is 0 Å². The summed E-state index contributed by atoms with van der Waals surface area (Å²) in [5.74, 6) is 0. The number of nitrogens with zero attached hydrogens (tertiary/aromatic N) is 1. The molecule has 0 aromatic heterocycles. The average molecular weight is 299 g/mol. The zero-order chi connectivity index (χ0) is 15.4. The Balaban J connectivity index is 1.74. The van der Waals surface area contributed by atoms with Crippen molar-refractivity contribution in [1.29, 1.82) is 0 Å². The van der Waals surface area contributed by atoms with E-state index in [0.29, 0.717) is 6.10 Å². The van der Waals surface area contributed by atoms with E-state index < -0.39 is 0 Å². The predicted octanol–water partition coefficient (Wildman–Crippen LogP) is 3.39. The summed E-state index contributed by atoms with van der Waals surface area (Å²) in [5.41, 5.74) is 2.76. The maximum Gasteiger partial charge on any atom is 0.0724 e. The maximum atomic E-state index is 5.83. The van der Waals surface area contributed by atoms with E-state index in [0.717, 1.165) is 39.3 Å². The molecule has 1 atom stereocenters. The molecule has 1 aliphatic heterocycles. The Bertz CT molecular complexity index is 626. The second-order valence-electron chi connectivity index (χ2n) is 6.10. The lowest BCUT2D eigenvalue weighted by Gasteiger charge is -2.33. The third kappa shape index (κ3) is 3.49. The van der Waals surface area contributed by atoms with Crippen LogP contribution >= 0.6 is 0 Å². The summed E-state index contributed by atoms with van der Waals surface area (Å²) in [6.07, 6.45) is 1.27. The van der Waals surface area contributed by atoms with Crippen molar-refractivity contribution in [3.8, 4) is 0 Å². The summed E-state index contributed by atoms with van der Waals surface area (Å²) in [6, 6.07) is 13.2. The molecule has 1 aliphatic rings. The number of morpholine rings is 1. The molecule has 2 aromatic carbocycles. The first-order valence-corrected chi connectivity index (χ1v) is 8.08. The van der Waals surface area contributed by atoms with Crippen LogP contribution in [-0.4, -0.2) is 44.4 Å². The van der Waals surface area contributed by atoms with E-state index in [4.69, 9.17) is 9.47 Å². The number of hydrogen-bond donors (Lipinski definition) is 0. The van der Waals surface area contributed by atoms with Crippen LogP contribution in [0, 0.1) is 6.92 Å². The molecule has 0 saturated carbocycles. The lowest BCUT2D eigenvalue weighted by Crippen LogP contribution is -2.42. The van der Waals surface area contributed by atoms with Gasteiger partial charge < -0.3 is 9.47 Å². The smallest absolute Gasteiger partial charge is 0.0724 e. The van der Waals surface area contributed by atoms with Gasteiger partial charge in [-0.1, -0.05) is 36.4 Å². The Morgan fingerprint density at radius 3 is 2.86 bits per heavy atom. The Morgan fingerprint density at radius 1 is 1.18 bits per heavy atom. The van der Waals surface area contributed by atoms with E-state index in [1.807, 2.05) is 0 Å². The first kappa shape index (κ1) is 15.5. The number of fused-ring (bicyclic) bond motifs is 1. The fraction of sp³-hybridized carbons (Fsp3) is 0.474. The fourth-order valence-corrected chi connectivity index (χ4v) is 3.26. The highest BCUT2D eigenvalue weighted by atomic mass is 16.5. The quantitative estimate of drug-likeness (QED) is 0.845. The van der Waals surface area contributed by atoms with Crippen molar-refractivity contribution in [2.24, 2.45) is 0 Å². The van der Waals surface area contributed by atoms with Crippen molar-refractivity contribution in [2.45, 2.75) is 26.0 Å². The Hall–Kier alpha value is -1.42. The molecule has 1 saturated heterocycles. The van der Waals surface area contributed by atoms with Gasteiger partial charge in [-0.15, -0.1) is 0 Å². The van der Waals surface area contributed by atoms with Gasteiger partial charge in [0.1, 0.15) is 0 Å². The van der Waals surface area contributed by atoms with E-state index in [9.17, 15) is 0 Å². The van der Waals surface area contributed by atoms with Crippen molar-refractivity contribution in [3.63, 3.8) is 0 Å². The number of aryl methyl sites for hydroxylation is 1. The van der Waals surface area contributed by atoms with E-state index >= 15 is 0 Å². The van der Waals surface area contributed by atoms with Gasteiger partial charge in [0.15, 0.2) is 0 Å². The van der Waals surface area contributed by atoms with Gasteiger partial charge in [-0.25, -0.2) is 0 Å². The van der Waals surface area contributed by atoms with Crippen molar-refractivity contribution in [3.05, 3.63) is 47.5 Å². The molecule has 1 fully saturated rings. The Morgan fingerprint density at radius 2 is 2.00 bits per heavy atom. The number of hydrogen-bond acceptors (Lipinski definition) is 3. The van der Waals surface area contributed by atoms with Crippen LogP contribution in [0.1, 0.15) is 17.5 Å². The number of ether oxygens (including phenoxy) is 2. The zero-order valence-electron chi connectivity index (χ0n) is 13.5. The van der Waals surface area contributed by atoms with Crippen LogP contribution in [0.15, 0.2) is 36.4 Å². The SMILES string of the molecule is COCCC1CN(Cc2cccc3c(C)cccc23)CCO1. The largest absolute Gasteiger partial charge is 0.385 e. The van der Waals surface area contributed by atoms with Gasteiger partial charge in [-0.3, -0.25) is 4.90 Å². The third-order valence-corrected chi connectivity index (χ3v) is 4.49. The van der Waals surface area contributed by atoms with Gasteiger partial charge in [-0.05, 0) is 35.2 Å². The minimum Gasteiger partial charge on any atom is -0.385 e. The number of benzene rings is 2. The minimum absolute atomic E-state index is 0.297. The summed E-state index contributed by atoms with van der Waals surface area (Å²) < 4.78 is 11.0. The van der Waals surface area contributed by atoms with Gasteiger partial charge >= 0.3 is 0 Å². The highest BCUT2D eigenvalue weighted by molar-refractivity contribution is 5.88. The van der Waals surface area contributed by atoms with Gasteiger partial charge in [-0.2, -0.15) is 0 Å². The molecule has 3 rings (SSSR count). The van der Waals surface area contributed by atoms with Crippen molar-refractivity contribution >= 4 is 10.8 Å². The molecule has 0 aliphatic carbocycles. The van der Waals surface area contributed by atoms with Crippen LogP contribution in [0.4, 0.5) is 0 Å². The maximum absolute atomic E-state index is 5.83. The van der Waals surface area contributed by atoms with Crippen LogP contribution < -0.4 is 0 Å². The van der Waals surface area contributed by atoms with Crippen LogP contribution in [0.5, 0.6) is 0 Å². The van der Waals surface area contributed by atoms with Crippen LogP contribution in [0.25, 0.3) is 10.8 Å². The van der Waals surface area contributed by atoms with Gasteiger partial charge in [0.25, 0.3) is 0 Å². The lowest BCUT2D eigenvalue weighted by atomic mass is 10.0. The van der Waals surface area contributed by atoms with Crippen LogP contribution in [-0.2, 0) is 16.0 Å². The molecule has 0 spiro atoms. The molecular weight excluding hydrogens is 274 g/mol. The fourth-order valence-electron chi connectivity index (χ4n) is 3.26. The van der Waals surface area contributed by atoms with Gasteiger partial charge in [0.2, 0.25) is 0 Å². The zero-order valence-corrected chi connectivity index (χ0v) is 13.5. The van der Waals surface area contributed by atoms with Crippen LogP contribution in [0.2, 0.25) is 0 Å².